The van der Waals surface area contributed by atoms with Gasteiger partial charge in [-0.05, 0) is 36.8 Å². The number of hydrogen-bond donors (Lipinski definition) is 2. The summed E-state index contributed by atoms with van der Waals surface area (Å²) < 4.78 is 27.0. The van der Waals surface area contributed by atoms with Crippen molar-refractivity contribution in [3.63, 3.8) is 0 Å². The number of aromatic nitrogens is 1. The van der Waals surface area contributed by atoms with Crippen LogP contribution < -0.4 is 15.5 Å². The number of rotatable bonds is 5. The number of halogens is 1. The Bertz CT molecular complexity index is 1100. The molecule has 2 aliphatic heterocycles. The maximum Gasteiger partial charge on any atom is 0.322 e. The molecule has 3 heterocycles. The molecule has 0 radical (unpaired) electrons. The van der Waals surface area contributed by atoms with Crippen LogP contribution in [0.25, 0.3) is 11.1 Å². The summed E-state index contributed by atoms with van der Waals surface area (Å²) in [6.07, 6.45) is 1.78. The van der Waals surface area contributed by atoms with E-state index in [1.54, 1.807) is 6.20 Å². The highest BCUT2D eigenvalue weighted by Gasteiger charge is 2.46. The number of benzene rings is 1. The predicted molar refractivity (Wildman–Crippen MR) is 117 cm³/mol. The fourth-order valence-electron chi connectivity index (χ4n) is 3.72. The second-order valence-corrected chi connectivity index (χ2v) is 10.2. The van der Waals surface area contributed by atoms with Crippen molar-refractivity contribution in [3.05, 3.63) is 47.6 Å². The van der Waals surface area contributed by atoms with E-state index in [2.05, 4.69) is 15.6 Å². The third kappa shape index (κ3) is 4.51. The zero-order chi connectivity index (χ0) is 22.2. The highest BCUT2D eigenvalue weighted by molar-refractivity contribution is 7.89. The molecule has 1 aromatic carbocycles. The molecule has 0 aliphatic carbocycles. The van der Waals surface area contributed by atoms with Gasteiger partial charge in [0.2, 0.25) is 10.0 Å². The molecule has 0 spiro atoms. The molecule has 164 valence electrons. The number of carbonyl (C=O) groups excluding carboxylic acids is 2. The fraction of sp³-hybridized carbons (Fsp3) is 0.350. The lowest BCUT2D eigenvalue weighted by Gasteiger charge is -2.35. The Hall–Kier alpha value is -2.69. The van der Waals surface area contributed by atoms with Gasteiger partial charge >= 0.3 is 6.03 Å². The molecule has 0 bridgehead atoms. The van der Waals surface area contributed by atoms with E-state index in [1.165, 1.54) is 11.2 Å². The van der Waals surface area contributed by atoms with Crippen molar-refractivity contribution >= 4 is 39.4 Å². The van der Waals surface area contributed by atoms with Gasteiger partial charge in [-0.25, -0.2) is 18.2 Å². The number of imide groups is 1. The van der Waals surface area contributed by atoms with Crippen LogP contribution >= 0.6 is 11.6 Å². The van der Waals surface area contributed by atoms with Crippen LogP contribution in [0.2, 0.25) is 5.02 Å². The first-order chi connectivity index (χ1) is 14.7. The van der Waals surface area contributed by atoms with E-state index in [9.17, 15) is 18.0 Å². The lowest BCUT2D eigenvalue weighted by Crippen LogP contribution is -2.55. The normalized spacial score (nSPS) is 22.3. The number of carbonyl (C=O) groups is 2. The van der Waals surface area contributed by atoms with Crippen LogP contribution in [0.15, 0.2) is 42.6 Å². The molecule has 9 nitrogen and oxygen atoms in total. The molecule has 2 aromatic rings. The van der Waals surface area contributed by atoms with Gasteiger partial charge in [-0.15, -0.1) is 0 Å². The molecular formula is C20H22ClN5O4S. The highest BCUT2D eigenvalue weighted by atomic mass is 35.5. The van der Waals surface area contributed by atoms with Crippen LogP contribution in [0.1, 0.15) is 6.92 Å². The van der Waals surface area contributed by atoms with Crippen LogP contribution in [0.4, 0.5) is 10.6 Å². The number of anilines is 1. The Morgan fingerprint density at radius 1 is 1.03 bits per heavy atom. The van der Waals surface area contributed by atoms with Crippen LogP contribution in [-0.2, 0) is 14.8 Å². The fourth-order valence-corrected chi connectivity index (χ4v) is 5.68. The molecule has 0 saturated carbocycles. The van der Waals surface area contributed by atoms with Crippen molar-refractivity contribution in [2.75, 3.05) is 36.8 Å². The van der Waals surface area contributed by atoms with Gasteiger partial charge in [0.05, 0.1) is 5.75 Å². The van der Waals surface area contributed by atoms with Gasteiger partial charge in [-0.3, -0.25) is 10.1 Å². The van der Waals surface area contributed by atoms with Crippen molar-refractivity contribution < 1.29 is 18.0 Å². The molecular weight excluding hydrogens is 442 g/mol. The number of piperazine rings is 1. The Kier molecular flexibility index (Phi) is 5.63. The van der Waals surface area contributed by atoms with Gasteiger partial charge in [0.25, 0.3) is 5.91 Å². The molecule has 2 aliphatic rings. The van der Waals surface area contributed by atoms with E-state index < -0.39 is 33.3 Å². The van der Waals surface area contributed by atoms with E-state index in [0.29, 0.717) is 18.1 Å². The zero-order valence-corrected chi connectivity index (χ0v) is 18.4. The Morgan fingerprint density at radius 2 is 1.68 bits per heavy atom. The largest absolute Gasteiger partial charge is 0.354 e. The van der Waals surface area contributed by atoms with Gasteiger partial charge in [0.15, 0.2) is 0 Å². The van der Waals surface area contributed by atoms with E-state index in [4.69, 9.17) is 11.6 Å². The van der Waals surface area contributed by atoms with E-state index in [1.807, 2.05) is 41.3 Å². The third-order valence-corrected chi connectivity index (χ3v) is 7.82. The first kappa shape index (κ1) is 21.5. The third-order valence-electron chi connectivity index (χ3n) is 5.47. The zero-order valence-electron chi connectivity index (χ0n) is 16.8. The first-order valence-electron chi connectivity index (χ1n) is 9.75. The van der Waals surface area contributed by atoms with Crippen molar-refractivity contribution in [1.82, 2.24) is 19.9 Å². The second-order valence-electron chi connectivity index (χ2n) is 7.79. The molecule has 11 heteroatoms. The average Bonchev–Trinajstić information content (AvgIpc) is 2.99. The first-order valence-corrected chi connectivity index (χ1v) is 11.7. The van der Waals surface area contributed by atoms with Gasteiger partial charge in [-0.1, -0.05) is 23.7 Å². The van der Waals surface area contributed by atoms with Crippen LogP contribution in [0.3, 0.4) is 0 Å². The van der Waals surface area contributed by atoms with Crippen LogP contribution in [0, 0.1) is 0 Å². The summed E-state index contributed by atoms with van der Waals surface area (Å²) in [5.41, 5.74) is 0.509. The smallest absolute Gasteiger partial charge is 0.322 e. The summed E-state index contributed by atoms with van der Waals surface area (Å²) in [5, 5.41) is 5.16. The molecule has 1 aromatic heterocycles. The number of nitrogens with one attached hydrogen (secondary N) is 2. The maximum atomic E-state index is 12.8. The average molecular weight is 464 g/mol. The molecule has 4 rings (SSSR count). The monoisotopic (exact) mass is 463 g/mol. The Morgan fingerprint density at radius 3 is 2.23 bits per heavy atom. The Labute approximate surface area is 185 Å². The summed E-state index contributed by atoms with van der Waals surface area (Å²) in [4.78, 5) is 29.9. The summed E-state index contributed by atoms with van der Waals surface area (Å²) >= 11 is 5.93. The highest BCUT2D eigenvalue weighted by Crippen LogP contribution is 2.24. The summed E-state index contributed by atoms with van der Waals surface area (Å²) in [5.74, 6) is -0.347. The molecule has 3 amide bonds. The lowest BCUT2D eigenvalue weighted by molar-refractivity contribution is -0.122. The van der Waals surface area contributed by atoms with Crippen molar-refractivity contribution in [2.24, 2.45) is 0 Å². The number of nitrogens with zero attached hydrogens (tertiary/aromatic N) is 3. The van der Waals surface area contributed by atoms with E-state index >= 15 is 0 Å². The quantitative estimate of drug-likeness (QED) is 0.649. The number of pyridine rings is 1. The number of hydrogen-bond acceptors (Lipinski definition) is 6. The molecule has 2 N–H and O–H groups in total. The van der Waals surface area contributed by atoms with Crippen molar-refractivity contribution in [1.29, 1.82) is 0 Å². The molecule has 1 atom stereocenters. The van der Waals surface area contributed by atoms with Gasteiger partial charge in [-0.2, -0.15) is 4.31 Å². The van der Waals surface area contributed by atoms with Crippen LogP contribution in [-0.4, -0.2) is 67.1 Å². The molecule has 2 saturated heterocycles. The van der Waals surface area contributed by atoms with E-state index in [0.717, 1.165) is 16.9 Å². The number of urea groups is 1. The minimum atomic E-state index is -3.73. The predicted octanol–water partition coefficient (Wildman–Crippen LogP) is 1.45. The standard InChI is InChI=1S/C20H22ClN5O4S/c1-20(18(27)23-19(28)24-20)13-31(29,30)26-10-8-25(9-11-26)17-7-4-15(12-22-17)14-2-5-16(21)6-3-14/h2-7,12H,8-11,13H2,1H3,(H2,23,24,27,28). The molecule has 1 unspecified atom stereocenters. The second kappa shape index (κ2) is 8.10. The lowest BCUT2D eigenvalue weighted by atomic mass is 10.1. The summed E-state index contributed by atoms with van der Waals surface area (Å²) in [6, 6.07) is 10.7. The molecule has 2 fully saturated rings. The Balaban J connectivity index is 1.38. The summed E-state index contributed by atoms with van der Waals surface area (Å²) in [7, 11) is -3.73. The number of sulfonamides is 1. The SMILES string of the molecule is CC1(CS(=O)(=O)N2CCN(c3ccc(-c4ccc(Cl)cc4)cn3)CC2)NC(=O)NC1=O. The van der Waals surface area contributed by atoms with Crippen LogP contribution in [0.5, 0.6) is 0 Å². The van der Waals surface area contributed by atoms with Crippen molar-refractivity contribution in [2.45, 2.75) is 12.5 Å². The van der Waals surface area contributed by atoms with Gasteiger partial charge in [0.1, 0.15) is 11.4 Å². The molecule has 31 heavy (non-hydrogen) atoms. The number of amides is 3. The topological polar surface area (TPSA) is 112 Å². The minimum Gasteiger partial charge on any atom is -0.354 e. The van der Waals surface area contributed by atoms with Gasteiger partial charge < -0.3 is 10.2 Å². The van der Waals surface area contributed by atoms with Gasteiger partial charge in [0, 0.05) is 43.0 Å². The van der Waals surface area contributed by atoms with E-state index in [-0.39, 0.29) is 13.1 Å². The minimum absolute atomic E-state index is 0.272. The van der Waals surface area contributed by atoms with Crippen molar-refractivity contribution in [3.8, 4) is 11.1 Å². The summed E-state index contributed by atoms with van der Waals surface area (Å²) in [6.45, 7) is 2.90. The maximum absolute atomic E-state index is 12.8.